The summed E-state index contributed by atoms with van der Waals surface area (Å²) in [5, 5.41) is 9.60. The molecule has 43 heavy (non-hydrogen) atoms. The smallest absolute Gasteiger partial charge is 0.187 e. The van der Waals surface area contributed by atoms with Crippen molar-refractivity contribution < 1.29 is 33.5 Å². The van der Waals surface area contributed by atoms with Crippen LogP contribution in [0.3, 0.4) is 0 Å². The van der Waals surface area contributed by atoms with Crippen LogP contribution in [0.2, 0.25) is 0 Å². The van der Waals surface area contributed by atoms with Gasteiger partial charge in [0.25, 0.3) is 0 Å². The maximum Gasteiger partial charge on any atom is 0.187 e. The Morgan fingerprint density at radius 3 is 1.37 bits per heavy atom. The summed E-state index contributed by atoms with van der Waals surface area (Å²) in [5.41, 5.74) is 4.14. The molecule has 0 amide bonds. The number of hydrogen-bond donors (Lipinski definition) is 1. The zero-order valence-corrected chi connectivity index (χ0v) is 24.3. The number of ether oxygens (including phenoxy) is 6. The molecule has 0 radical (unpaired) electrons. The standard InChI is InChI=1S/C36H40O7/c37-21-22-39-36-35(42-26-31-19-11-4-12-20-31)34(41-25-30-17-9-3-10-18-30)33(40-24-29-15-7-2-8-16-29)32(43-36)27-38-23-28-13-5-1-6-14-28/h1-20,32-37H,21-27H2/t32-,33+,34+,35-,36+/m1/s1. The molecule has 0 unspecified atom stereocenters. The van der Waals surface area contributed by atoms with E-state index >= 15 is 0 Å². The molecule has 1 aliphatic rings. The first-order chi connectivity index (χ1) is 21.3. The molecular formula is C36H40O7. The zero-order chi connectivity index (χ0) is 29.5. The van der Waals surface area contributed by atoms with Crippen molar-refractivity contribution in [1.82, 2.24) is 0 Å². The molecule has 0 bridgehead atoms. The largest absolute Gasteiger partial charge is 0.394 e. The summed E-state index contributed by atoms with van der Waals surface area (Å²) >= 11 is 0. The molecule has 5 rings (SSSR count). The summed E-state index contributed by atoms with van der Waals surface area (Å²) in [6.07, 6.45) is -3.06. The molecule has 226 valence electrons. The van der Waals surface area contributed by atoms with Crippen molar-refractivity contribution in [3.63, 3.8) is 0 Å². The van der Waals surface area contributed by atoms with Crippen molar-refractivity contribution in [2.75, 3.05) is 19.8 Å². The van der Waals surface area contributed by atoms with E-state index in [4.69, 9.17) is 28.4 Å². The third-order valence-electron chi connectivity index (χ3n) is 7.21. The average molecular weight is 585 g/mol. The van der Waals surface area contributed by atoms with Gasteiger partial charge in [0.15, 0.2) is 6.29 Å². The lowest BCUT2D eigenvalue weighted by Crippen LogP contribution is -2.61. The lowest BCUT2D eigenvalue weighted by molar-refractivity contribution is -0.329. The Hall–Kier alpha value is -3.40. The van der Waals surface area contributed by atoms with E-state index in [0.29, 0.717) is 26.4 Å². The highest BCUT2D eigenvalue weighted by Crippen LogP contribution is 2.31. The Balaban J connectivity index is 1.41. The molecule has 7 nitrogen and oxygen atoms in total. The maximum absolute atomic E-state index is 9.60. The minimum atomic E-state index is -0.807. The third kappa shape index (κ3) is 9.55. The van der Waals surface area contributed by atoms with Gasteiger partial charge in [-0.05, 0) is 22.3 Å². The van der Waals surface area contributed by atoms with Crippen molar-refractivity contribution in [3.8, 4) is 0 Å². The second-order valence-corrected chi connectivity index (χ2v) is 10.4. The molecule has 0 spiro atoms. The van der Waals surface area contributed by atoms with Crippen LogP contribution < -0.4 is 0 Å². The molecule has 0 aromatic heterocycles. The average Bonchev–Trinajstić information content (AvgIpc) is 3.07. The van der Waals surface area contributed by atoms with Gasteiger partial charge in [-0.3, -0.25) is 0 Å². The normalized spacial score (nSPS) is 21.9. The number of hydrogen-bond acceptors (Lipinski definition) is 7. The molecule has 7 heteroatoms. The van der Waals surface area contributed by atoms with Crippen LogP contribution in [0.4, 0.5) is 0 Å². The third-order valence-corrected chi connectivity index (χ3v) is 7.21. The Bertz CT molecular complexity index is 1290. The van der Waals surface area contributed by atoms with E-state index in [2.05, 4.69) is 0 Å². The highest BCUT2D eigenvalue weighted by atomic mass is 16.7. The van der Waals surface area contributed by atoms with Gasteiger partial charge in [-0.25, -0.2) is 0 Å². The highest BCUT2D eigenvalue weighted by Gasteiger charge is 2.49. The van der Waals surface area contributed by atoms with Crippen LogP contribution >= 0.6 is 0 Å². The minimum Gasteiger partial charge on any atom is -0.394 e. The van der Waals surface area contributed by atoms with Gasteiger partial charge in [0.1, 0.15) is 24.4 Å². The van der Waals surface area contributed by atoms with Crippen molar-refractivity contribution >= 4 is 0 Å². The van der Waals surface area contributed by atoms with Crippen LogP contribution in [0.15, 0.2) is 121 Å². The maximum atomic E-state index is 9.60. The van der Waals surface area contributed by atoms with Crippen LogP contribution in [0, 0.1) is 0 Å². The van der Waals surface area contributed by atoms with Crippen LogP contribution in [-0.2, 0) is 54.8 Å². The van der Waals surface area contributed by atoms with E-state index in [-0.39, 0.29) is 19.8 Å². The summed E-state index contributed by atoms with van der Waals surface area (Å²) in [6, 6.07) is 40.0. The van der Waals surface area contributed by atoms with E-state index in [1.165, 1.54) is 0 Å². The summed E-state index contributed by atoms with van der Waals surface area (Å²) in [4.78, 5) is 0. The van der Waals surface area contributed by atoms with Gasteiger partial charge in [-0.15, -0.1) is 0 Å². The summed E-state index contributed by atoms with van der Waals surface area (Å²) in [5.74, 6) is 0. The molecule has 1 fully saturated rings. The van der Waals surface area contributed by atoms with Crippen molar-refractivity contribution in [2.45, 2.75) is 57.1 Å². The van der Waals surface area contributed by atoms with Gasteiger partial charge in [0.05, 0.1) is 46.2 Å². The van der Waals surface area contributed by atoms with E-state index in [1.54, 1.807) is 0 Å². The van der Waals surface area contributed by atoms with Gasteiger partial charge in [0.2, 0.25) is 0 Å². The lowest BCUT2D eigenvalue weighted by atomic mass is 9.97. The molecule has 1 N–H and O–H groups in total. The SMILES string of the molecule is OCCO[C@H]1O[C@H](COCc2ccccc2)[C@H](OCc2ccccc2)[C@H](OCc2ccccc2)[C@H]1OCc1ccccc1. The Labute approximate surface area is 253 Å². The fourth-order valence-corrected chi connectivity index (χ4v) is 5.05. The number of rotatable bonds is 16. The summed E-state index contributed by atoms with van der Waals surface area (Å²) < 4.78 is 38.5. The number of benzene rings is 4. The number of aliphatic hydroxyl groups excluding tert-OH is 1. The first-order valence-electron chi connectivity index (χ1n) is 14.8. The van der Waals surface area contributed by atoms with Gasteiger partial charge in [0, 0.05) is 0 Å². The summed E-state index contributed by atoms with van der Waals surface area (Å²) in [6.45, 7) is 1.68. The molecule has 4 aromatic carbocycles. The van der Waals surface area contributed by atoms with Gasteiger partial charge >= 0.3 is 0 Å². The molecule has 1 heterocycles. The minimum absolute atomic E-state index is 0.0917. The van der Waals surface area contributed by atoms with E-state index < -0.39 is 30.7 Å². The van der Waals surface area contributed by atoms with Crippen LogP contribution in [-0.4, -0.2) is 55.6 Å². The molecule has 4 aromatic rings. The monoisotopic (exact) mass is 584 g/mol. The fraction of sp³-hybridized carbons (Fsp3) is 0.333. The van der Waals surface area contributed by atoms with Crippen LogP contribution in [0.25, 0.3) is 0 Å². The summed E-state index contributed by atoms with van der Waals surface area (Å²) in [7, 11) is 0. The molecular weight excluding hydrogens is 544 g/mol. The van der Waals surface area contributed by atoms with Crippen molar-refractivity contribution in [2.24, 2.45) is 0 Å². The van der Waals surface area contributed by atoms with Crippen LogP contribution in [0.5, 0.6) is 0 Å². The van der Waals surface area contributed by atoms with E-state index in [0.717, 1.165) is 22.3 Å². The second kappa shape index (κ2) is 17.0. The van der Waals surface area contributed by atoms with Crippen molar-refractivity contribution in [3.05, 3.63) is 144 Å². The quantitative estimate of drug-likeness (QED) is 0.181. The molecule has 0 saturated carbocycles. The predicted octanol–water partition coefficient (Wildman–Crippen LogP) is 5.69. The van der Waals surface area contributed by atoms with Gasteiger partial charge < -0.3 is 33.5 Å². The lowest BCUT2D eigenvalue weighted by Gasteiger charge is -2.45. The topological polar surface area (TPSA) is 75.6 Å². The highest BCUT2D eigenvalue weighted by molar-refractivity contribution is 5.16. The van der Waals surface area contributed by atoms with Gasteiger partial charge in [-0.1, -0.05) is 121 Å². The number of aliphatic hydroxyl groups is 1. The predicted molar refractivity (Wildman–Crippen MR) is 163 cm³/mol. The Kier molecular flexibility index (Phi) is 12.3. The second-order valence-electron chi connectivity index (χ2n) is 10.4. The fourth-order valence-electron chi connectivity index (χ4n) is 5.05. The molecule has 0 aliphatic carbocycles. The van der Waals surface area contributed by atoms with Crippen molar-refractivity contribution in [1.29, 1.82) is 0 Å². The zero-order valence-electron chi connectivity index (χ0n) is 24.3. The van der Waals surface area contributed by atoms with E-state index in [1.807, 2.05) is 121 Å². The first-order valence-corrected chi connectivity index (χ1v) is 14.8. The van der Waals surface area contributed by atoms with E-state index in [9.17, 15) is 5.11 Å². The Morgan fingerprint density at radius 2 is 0.907 bits per heavy atom. The Morgan fingerprint density at radius 1 is 0.488 bits per heavy atom. The van der Waals surface area contributed by atoms with Gasteiger partial charge in [-0.2, -0.15) is 0 Å². The molecule has 1 saturated heterocycles. The van der Waals surface area contributed by atoms with Crippen LogP contribution in [0.1, 0.15) is 22.3 Å². The molecule has 5 atom stereocenters. The molecule has 1 aliphatic heterocycles. The first kappa shape index (κ1) is 31.0.